The third-order valence-electron chi connectivity index (χ3n) is 7.16. The molecular weight excluding hydrogens is 549 g/mol. The second-order valence-electron chi connectivity index (χ2n) is 10.4. The molecule has 1 heterocycles. The minimum atomic E-state index is -4.12. The van der Waals surface area contributed by atoms with E-state index in [1.807, 2.05) is 38.2 Å². The molecule has 0 spiro atoms. The number of ether oxygens (including phenoxy) is 2. The first-order valence-electron chi connectivity index (χ1n) is 13.3. The van der Waals surface area contributed by atoms with Crippen LogP contribution < -0.4 is 14.2 Å². The van der Waals surface area contributed by atoms with Crippen molar-refractivity contribution >= 4 is 21.6 Å². The molecule has 41 heavy (non-hydrogen) atoms. The van der Waals surface area contributed by atoms with Gasteiger partial charge >= 0.3 is 0 Å². The summed E-state index contributed by atoms with van der Waals surface area (Å²) in [7, 11) is -0.542. The zero-order chi connectivity index (χ0) is 29.7. The monoisotopic (exact) mass is 585 g/mol. The van der Waals surface area contributed by atoms with Crippen molar-refractivity contribution < 1.29 is 32.2 Å². The first-order valence-corrected chi connectivity index (χ1v) is 14.8. The first-order chi connectivity index (χ1) is 19.5. The Morgan fingerprint density at radius 3 is 2.46 bits per heavy atom. The van der Waals surface area contributed by atoms with Gasteiger partial charge in [-0.15, -0.1) is 0 Å². The molecule has 3 aromatic carbocycles. The van der Waals surface area contributed by atoms with E-state index in [4.69, 9.17) is 9.47 Å². The number of carbonyl (C=O) groups is 1. The van der Waals surface area contributed by atoms with E-state index in [2.05, 4.69) is 9.62 Å². The number of aliphatic hydroxyl groups is 1. The molecule has 0 bridgehead atoms. The van der Waals surface area contributed by atoms with Gasteiger partial charge in [0.1, 0.15) is 17.7 Å². The number of benzene rings is 3. The van der Waals surface area contributed by atoms with Gasteiger partial charge < -0.3 is 19.5 Å². The molecule has 11 heteroatoms. The molecule has 9 nitrogen and oxygen atoms in total. The molecule has 220 valence electrons. The van der Waals surface area contributed by atoms with Gasteiger partial charge in [0.25, 0.3) is 15.9 Å². The van der Waals surface area contributed by atoms with Crippen LogP contribution in [0.1, 0.15) is 29.8 Å². The number of rotatable bonds is 10. The molecule has 0 aromatic heterocycles. The van der Waals surface area contributed by atoms with E-state index < -0.39 is 28.0 Å². The van der Waals surface area contributed by atoms with Crippen LogP contribution in [0.4, 0.5) is 10.1 Å². The summed E-state index contributed by atoms with van der Waals surface area (Å²) < 4.78 is 54.1. The summed E-state index contributed by atoms with van der Waals surface area (Å²) >= 11 is 0. The van der Waals surface area contributed by atoms with Crippen LogP contribution in [0.5, 0.6) is 11.5 Å². The summed E-state index contributed by atoms with van der Waals surface area (Å²) in [5, 5.41) is 9.91. The zero-order valence-corrected chi connectivity index (χ0v) is 24.4. The highest BCUT2D eigenvalue weighted by atomic mass is 32.2. The number of methoxy groups -OCH3 is 1. The third-order valence-corrected chi connectivity index (χ3v) is 8.54. The SMILES string of the molecule is COc1ccc(CN(C)C[C@H]2Oc3c(NS(=O)(=O)c4ccc(F)cc4)cccc3C(=O)N([C@@H](C)CO)C[C@H]2C)cc1. The molecule has 3 aromatic rings. The van der Waals surface area contributed by atoms with Gasteiger partial charge in [-0.1, -0.05) is 25.1 Å². The normalized spacial score (nSPS) is 18.2. The van der Waals surface area contributed by atoms with Gasteiger partial charge in [-0.2, -0.15) is 0 Å². The maximum Gasteiger partial charge on any atom is 0.262 e. The van der Waals surface area contributed by atoms with Crippen molar-refractivity contribution in [3.63, 3.8) is 0 Å². The van der Waals surface area contributed by atoms with Crippen molar-refractivity contribution in [1.29, 1.82) is 0 Å². The van der Waals surface area contributed by atoms with Gasteiger partial charge in [-0.05, 0) is 68.1 Å². The summed E-state index contributed by atoms with van der Waals surface area (Å²) in [6.07, 6.45) is -0.435. The number of aliphatic hydroxyl groups excluding tert-OH is 1. The van der Waals surface area contributed by atoms with E-state index in [1.54, 1.807) is 31.1 Å². The fraction of sp³-hybridized carbons (Fsp3) is 0.367. The molecule has 0 saturated heterocycles. The third kappa shape index (κ3) is 7.16. The lowest BCUT2D eigenvalue weighted by Gasteiger charge is -2.38. The Morgan fingerprint density at radius 1 is 1.15 bits per heavy atom. The average molecular weight is 586 g/mol. The summed E-state index contributed by atoms with van der Waals surface area (Å²) in [4.78, 5) is 17.2. The van der Waals surface area contributed by atoms with Gasteiger partial charge in [0.15, 0.2) is 5.75 Å². The predicted octanol–water partition coefficient (Wildman–Crippen LogP) is 3.99. The molecule has 3 atom stereocenters. The number of para-hydroxylation sites is 1. The Labute approximate surface area is 240 Å². The zero-order valence-electron chi connectivity index (χ0n) is 23.6. The van der Waals surface area contributed by atoms with Gasteiger partial charge in [-0.3, -0.25) is 14.4 Å². The number of nitrogens with zero attached hydrogens (tertiary/aromatic N) is 2. The molecule has 1 amide bonds. The highest BCUT2D eigenvalue weighted by Crippen LogP contribution is 2.36. The van der Waals surface area contributed by atoms with Crippen LogP contribution in [0.2, 0.25) is 0 Å². The standard InChI is InChI=1S/C30H36FN3O6S/c1-20-16-34(21(2)19-35)30(36)26-6-5-7-27(32-41(37,38)25-14-10-23(31)11-15-25)29(26)40-28(20)18-33(3)17-22-8-12-24(39-4)13-9-22/h5-15,20-21,28,32,35H,16-19H2,1-4H3/t20-,21+,28-/m1/s1. The van der Waals surface area contributed by atoms with Crippen LogP contribution in [0, 0.1) is 11.7 Å². The Hall–Kier alpha value is -3.67. The number of carbonyl (C=O) groups excluding carboxylic acids is 1. The lowest BCUT2D eigenvalue weighted by atomic mass is 9.99. The van der Waals surface area contributed by atoms with Crippen LogP contribution in [-0.2, 0) is 16.6 Å². The number of sulfonamides is 1. The maximum atomic E-state index is 13.7. The fourth-order valence-corrected chi connectivity index (χ4v) is 5.84. The molecule has 1 aliphatic rings. The van der Waals surface area contributed by atoms with Crippen molar-refractivity contribution in [2.45, 2.75) is 37.4 Å². The van der Waals surface area contributed by atoms with Crippen molar-refractivity contribution in [1.82, 2.24) is 9.80 Å². The molecule has 2 N–H and O–H groups in total. The number of nitrogens with one attached hydrogen (secondary N) is 1. The first kappa shape index (κ1) is 30.3. The van der Waals surface area contributed by atoms with Crippen LogP contribution >= 0.6 is 0 Å². The number of fused-ring (bicyclic) bond motifs is 1. The largest absolute Gasteiger partial charge is 0.497 e. The average Bonchev–Trinajstić information content (AvgIpc) is 2.95. The fourth-order valence-electron chi connectivity index (χ4n) is 4.77. The predicted molar refractivity (Wildman–Crippen MR) is 154 cm³/mol. The van der Waals surface area contributed by atoms with Crippen LogP contribution in [0.25, 0.3) is 0 Å². The summed E-state index contributed by atoms with van der Waals surface area (Å²) in [6, 6.07) is 16.4. The van der Waals surface area contributed by atoms with Crippen LogP contribution in [-0.4, -0.2) is 75.2 Å². The van der Waals surface area contributed by atoms with E-state index in [0.29, 0.717) is 19.6 Å². The lowest BCUT2D eigenvalue weighted by Crippen LogP contribution is -2.49. The number of halogens is 1. The molecule has 0 unspecified atom stereocenters. The number of likely N-dealkylation sites (N-methyl/N-ethyl adjacent to an activating group) is 1. The van der Waals surface area contributed by atoms with Gasteiger partial charge in [0.2, 0.25) is 0 Å². The number of anilines is 1. The van der Waals surface area contributed by atoms with Crippen molar-refractivity contribution in [3.05, 3.63) is 83.7 Å². The van der Waals surface area contributed by atoms with E-state index >= 15 is 0 Å². The summed E-state index contributed by atoms with van der Waals surface area (Å²) in [6.45, 7) is 4.94. The minimum Gasteiger partial charge on any atom is -0.497 e. The topological polar surface area (TPSA) is 108 Å². The summed E-state index contributed by atoms with van der Waals surface area (Å²) in [5.41, 5.74) is 1.35. The van der Waals surface area contributed by atoms with Crippen molar-refractivity contribution in [2.75, 3.05) is 38.6 Å². The van der Waals surface area contributed by atoms with E-state index in [1.165, 1.54) is 18.2 Å². The highest BCUT2D eigenvalue weighted by Gasteiger charge is 2.35. The molecular formula is C30H36FN3O6S. The second kappa shape index (κ2) is 12.9. The number of hydrogen-bond donors (Lipinski definition) is 2. The van der Waals surface area contributed by atoms with E-state index in [-0.39, 0.29) is 40.3 Å². The molecule has 1 aliphatic heterocycles. The van der Waals surface area contributed by atoms with Crippen molar-refractivity contribution in [3.8, 4) is 11.5 Å². The molecule has 0 saturated carbocycles. The van der Waals surface area contributed by atoms with Gasteiger partial charge in [-0.25, -0.2) is 12.8 Å². The Bertz CT molecular complexity index is 1450. The number of hydrogen-bond acceptors (Lipinski definition) is 7. The molecule has 0 aliphatic carbocycles. The van der Waals surface area contributed by atoms with Crippen molar-refractivity contribution in [2.24, 2.45) is 5.92 Å². The smallest absolute Gasteiger partial charge is 0.262 e. The molecule has 4 rings (SSSR count). The Kier molecular flexibility index (Phi) is 9.52. The van der Waals surface area contributed by atoms with Gasteiger partial charge in [0.05, 0.1) is 35.9 Å². The summed E-state index contributed by atoms with van der Waals surface area (Å²) in [5.74, 6) is -0.227. The van der Waals surface area contributed by atoms with E-state index in [9.17, 15) is 22.7 Å². The number of amides is 1. The maximum absolute atomic E-state index is 13.7. The van der Waals surface area contributed by atoms with Crippen LogP contribution in [0.15, 0.2) is 71.6 Å². The second-order valence-corrected chi connectivity index (χ2v) is 12.1. The molecule has 0 radical (unpaired) electrons. The van der Waals surface area contributed by atoms with Gasteiger partial charge in [0, 0.05) is 25.6 Å². The quantitative estimate of drug-likeness (QED) is 0.371. The highest BCUT2D eigenvalue weighted by molar-refractivity contribution is 7.92. The lowest BCUT2D eigenvalue weighted by molar-refractivity contribution is 0.0344. The minimum absolute atomic E-state index is 0.0914. The van der Waals surface area contributed by atoms with Crippen LogP contribution in [0.3, 0.4) is 0 Å². The Balaban J connectivity index is 1.68. The Morgan fingerprint density at radius 2 is 1.83 bits per heavy atom. The van der Waals surface area contributed by atoms with E-state index in [0.717, 1.165) is 23.4 Å². The molecule has 0 fully saturated rings.